The van der Waals surface area contributed by atoms with Crippen molar-refractivity contribution in [3.63, 3.8) is 0 Å². The van der Waals surface area contributed by atoms with Crippen molar-refractivity contribution in [1.29, 1.82) is 0 Å². The molecule has 0 aliphatic rings. The Labute approximate surface area is 116 Å². The Kier molecular flexibility index (Phi) is 4.61. The molecule has 0 bridgehead atoms. The third-order valence-corrected chi connectivity index (χ3v) is 3.36. The van der Waals surface area contributed by atoms with Gasteiger partial charge >= 0.3 is 0 Å². The number of benzene rings is 2. The second-order valence-corrected chi connectivity index (χ2v) is 4.82. The molecule has 0 saturated heterocycles. The summed E-state index contributed by atoms with van der Waals surface area (Å²) in [7, 11) is 0. The molecule has 1 N–H and O–H groups in total. The first kappa shape index (κ1) is 13.4. The number of hydrogen-bond acceptors (Lipinski definition) is 2. The molecule has 94 valence electrons. The summed E-state index contributed by atoms with van der Waals surface area (Å²) < 4.78 is 0. The second-order valence-electron chi connectivity index (χ2n) is 4.01. The Bertz CT molecular complexity index is 483. The molecular formula is C14H13Cl2NO. The minimum Gasteiger partial charge on any atom is -0.313 e. The Morgan fingerprint density at radius 1 is 0.778 bits per heavy atom. The van der Waals surface area contributed by atoms with Crippen LogP contribution in [0.25, 0.3) is 0 Å². The van der Waals surface area contributed by atoms with Crippen molar-refractivity contribution in [2.24, 2.45) is 0 Å². The van der Waals surface area contributed by atoms with E-state index in [1.807, 2.05) is 36.4 Å². The van der Waals surface area contributed by atoms with Gasteiger partial charge in [0.15, 0.2) is 0 Å². The van der Waals surface area contributed by atoms with Gasteiger partial charge in [-0.15, -0.1) is 0 Å². The predicted octanol–water partition coefficient (Wildman–Crippen LogP) is 4.38. The molecule has 2 aromatic rings. The van der Waals surface area contributed by atoms with E-state index in [2.05, 4.69) is 0 Å². The Morgan fingerprint density at radius 2 is 1.17 bits per heavy atom. The Hall–Kier alpha value is -1.06. The summed E-state index contributed by atoms with van der Waals surface area (Å²) in [5, 5.41) is 12.4. The van der Waals surface area contributed by atoms with Crippen LogP contribution in [0.4, 0.5) is 0 Å². The molecule has 0 aliphatic carbocycles. The summed E-state index contributed by atoms with van der Waals surface area (Å²) in [5.41, 5.74) is 1.77. The molecular weight excluding hydrogens is 269 g/mol. The van der Waals surface area contributed by atoms with Gasteiger partial charge in [0.2, 0.25) is 0 Å². The van der Waals surface area contributed by atoms with E-state index in [9.17, 15) is 5.21 Å². The van der Waals surface area contributed by atoms with Gasteiger partial charge in [-0.3, -0.25) is 0 Å². The lowest BCUT2D eigenvalue weighted by Gasteiger charge is -2.16. The highest BCUT2D eigenvalue weighted by atomic mass is 35.5. The van der Waals surface area contributed by atoms with E-state index in [1.54, 1.807) is 12.1 Å². The number of halogens is 2. The molecule has 0 amide bonds. The highest BCUT2D eigenvalue weighted by molar-refractivity contribution is 6.31. The molecule has 0 saturated carbocycles. The number of nitrogens with zero attached hydrogens (tertiary/aromatic N) is 1. The third kappa shape index (κ3) is 3.47. The topological polar surface area (TPSA) is 23.5 Å². The van der Waals surface area contributed by atoms with Gasteiger partial charge in [0.1, 0.15) is 0 Å². The maximum absolute atomic E-state index is 9.92. The fraction of sp³-hybridized carbons (Fsp3) is 0.143. The summed E-state index contributed by atoms with van der Waals surface area (Å²) in [6, 6.07) is 14.9. The van der Waals surface area contributed by atoms with E-state index < -0.39 is 0 Å². The molecule has 2 nitrogen and oxygen atoms in total. The van der Waals surface area contributed by atoms with E-state index in [0.29, 0.717) is 23.1 Å². The zero-order valence-corrected chi connectivity index (χ0v) is 11.2. The lowest BCUT2D eigenvalue weighted by atomic mass is 10.2. The smallest absolute Gasteiger partial charge is 0.0507 e. The number of hydroxylamine groups is 2. The van der Waals surface area contributed by atoms with Gasteiger partial charge in [0, 0.05) is 10.0 Å². The van der Waals surface area contributed by atoms with Crippen molar-refractivity contribution in [3.05, 3.63) is 69.7 Å². The van der Waals surface area contributed by atoms with Gasteiger partial charge in [-0.1, -0.05) is 59.6 Å². The molecule has 0 aromatic heterocycles. The zero-order valence-electron chi connectivity index (χ0n) is 9.68. The number of hydrogen-bond donors (Lipinski definition) is 1. The fourth-order valence-electron chi connectivity index (χ4n) is 1.70. The van der Waals surface area contributed by atoms with E-state index in [0.717, 1.165) is 11.1 Å². The first-order valence-corrected chi connectivity index (χ1v) is 6.33. The molecule has 0 spiro atoms. The zero-order chi connectivity index (χ0) is 13.0. The van der Waals surface area contributed by atoms with Crippen molar-refractivity contribution < 1.29 is 5.21 Å². The molecule has 0 radical (unpaired) electrons. The van der Waals surface area contributed by atoms with E-state index >= 15 is 0 Å². The maximum atomic E-state index is 9.92. The molecule has 0 heterocycles. The number of rotatable bonds is 4. The molecule has 2 rings (SSSR count). The van der Waals surface area contributed by atoms with Crippen LogP contribution in [0.15, 0.2) is 48.5 Å². The van der Waals surface area contributed by atoms with Crippen molar-refractivity contribution in [1.82, 2.24) is 5.06 Å². The van der Waals surface area contributed by atoms with Crippen molar-refractivity contribution in [3.8, 4) is 0 Å². The van der Waals surface area contributed by atoms with E-state index in [4.69, 9.17) is 23.2 Å². The summed E-state index contributed by atoms with van der Waals surface area (Å²) in [6.07, 6.45) is 0. The van der Waals surface area contributed by atoms with E-state index in [-0.39, 0.29) is 0 Å². The minimum absolute atomic E-state index is 0.366. The van der Waals surface area contributed by atoms with Gasteiger partial charge in [0.25, 0.3) is 0 Å². The average Bonchev–Trinajstić information content (AvgIpc) is 2.35. The SMILES string of the molecule is ON(Cc1ccccc1Cl)Cc1ccccc1Cl. The van der Waals surface area contributed by atoms with Gasteiger partial charge in [-0.25, -0.2) is 0 Å². The molecule has 18 heavy (non-hydrogen) atoms. The molecule has 4 heteroatoms. The Morgan fingerprint density at radius 3 is 1.56 bits per heavy atom. The highest BCUT2D eigenvalue weighted by Gasteiger charge is 2.08. The van der Waals surface area contributed by atoms with Crippen LogP contribution >= 0.6 is 23.2 Å². The van der Waals surface area contributed by atoms with Crippen LogP contribution in [0.3, 0.4) is 0 Å². The van der Waals surface area contributed by atoms with Crippen LogP contribution in [-0.4, -0.2) is 10.3 Å². The summed E-state index contributed by atoms with van der Waals surface area (Å²) >= 11 is 12.1. The van der Waals surface area contributed by atoms with Gasteiger partial charge in [-0.2, -0.15) is 5.06 Å². The van der Waals surface area contributed by atoms with Crippen LogP contribution in [0.2, 0.25) is 10.0 Å². The minimum atomic E-state index is 0.366. The normalized spacial score (nSPS) is 10.9. The molecule has 0 atom stereocenters. The quantitative estimate of drug-likeness (QED) is 0.841. The molecule has 0 unspecified atom stereocenters. The monoisotopic (exact) mass is 281 g/mol. The molecule has 0 aliphatic heterocycles. The van der Waals surface area contributed by atoms with Crippen LogP contribution in [0.1, 0.15) is 11.1 Å². The summed E-state index contributed by atoms with van der Waals surface area (Å²) in [4.78, 5) is 0. The Balaban J connectivity index is 2.04. The lowest BCUT2D eigenvalue weighted by molar-refractivity contribution is -0.108. The van der Waals surface area contributed by atoms with Crippen molar-refractivity contribution in [2.75, 3.05) is 0 Å². The van der Waals surface area contributed by atoms with Crippen LogP contribution in [0.5, 0.6) is 0 Å². The van der Waals surface area contributed by atoms with E-state index in [1.165, 1.54) is 5.06 Å². The van der Waals surface area contributed by atoms with Crippen LogP contribution < -0.4 is 0 Å². The standard InChI is InChI=1S/C14H13Cl2NO/c15-13-7-3-1-5-11(13)9-17(18)10-12-6-2-4-8-14(12)16/h1-8,18H,9-10H2. The second kappa shape index (κ2) is 6.21. The van der Waals surface area contributed by atoms with Crippen molar-refractivity contribution in [2.45, 2.75) is 13.1 Å². The average molecular weight is 282 g/mol. The van der Waals surface area contributed by atoms with Crippen LogP contribution in [-0.2, 0) is 13.1 Å². The maximum Gasteiger partial charge on any atom is 0.0507 e. The predicted molar refractivity (Wildman–Crippen MR) is 73.9 cm³/mol. The van der Waals surface area contributed by atoms with Gasteiger partial charge in [-0.05, 0) is 23.3 Å². The van der Waals surface area contributed by atoms with Gasteiger partial charge < -0.3 is 5.21 Å². The van der Waals surface area contributed by atoms with Gasteiger partial charge in [0.05, 0.1) is 13.1 Å². The summed E-state index contributed by atoms with van der Waals surface area (Å²) in [5.74, 6) is 0. The first-order valence-electron chi connectivity index (χ1n) is 5.57. The first-order chi connectivity index (χ1) is 8.66. The largest absolute Gasteiger partial charge is 0.313 e. The molecule has 0 fully saturated rings. The summed E-state index contributed by atoms with van der Waals surface area (Å²) in [6.45, 7) is 0.732. The third-order valence-electron chi connectivity index (χ3n) is 2.62. The van der Waals surface area contributed by atoms with Crippen LogP contribution in [0, 0.1) is 0 Å². The lowest BCUT2D eigenvalue weighted by Crippen LogP contribution is -2.18. The van der Waals surface area contributed by atoms with Crippen molar-refractivity contribution >= 4 is 23.2 Å². The molecule has 2 aromatic carbocycles. The highest BCUT2D eigenvalue weighted by Crippen LogP contribution is 2.20. The fourth-order valence-corrected chi connectivity index (χ4v) is 2.09.